The molecule has 0 unspecified atom stereocenters. The molecule has 0 spiro atoms. The Kier molecular flexibility index (Phi) is 37.5. The molecule has 3 aromatic heterocycles. The normalized spacial score (nSPS) is 14.5. The van der Waals surface area contributed by atoms with Gasteiger partial charge in [0.25, 0.3) is 17.7 Å². The predicted octanol–water partition coefficient (Wildman–Crippen LogP) is 18.9. The van der Waals surface area contributed by atoms with Crippen molar-refractivity contribution >= 4 is 52.7 Å². The Labute approximate surface area is 811 Å². The molecule has 7 N–H and O–H groups in total. The largest absolute Gasteiger partial charge is 1.00 e. The van der Waals surface area contributed by atoms with Crippen molar-refractivity contribution in [3.05, 3.63) is 306 Å². The number of ether oxygens (including phenoxy) is 4. The van der Waals surface area contributed by atoms with Crippen LogP contribution in [0.5, 0.6) is 0 Å². The Hall–Kier alpha value is -11.8. The summed E-state index contributed by atoms with van der Waals surface area (Å²) in [5, 5.41) is 62.3. The zero-order valence-corrected chi connectivity index (χ0v) is 81.7. The number of amides is 3. The molecular formula is C110H124F3N6NaO15. The van der Waals surface area contributed by atoms with E-state index in [4.69, 9.17) is 18.9 Å². The van der Waals surface area contributed by atoms with Crippen molar-refractivity contribution in [3.8, 4) is 67.2 Å². The molecule has 1 aliphatic heterocycles. The first-order valence-electron chi connectivity index (χ1n) is 45.7. The summed E-state index contributed by atoms with van der Waals surface area (Å²) in [7, 11) is 0. The minimum atomic E-state index is -1.39. The van der Waals surface area contributed by atoms with Gasteiger partial charge < -0.3 is 78.9 Å². The number of carboxylic acid groups (broad SMARTS) is 1. The van der Waals surface area contributed by atoms with Crippen LogP contribution in [0.1, 0.15) is 221 Å². The standard InChI is InChI=1S/C40H47FN2O5.C37H43FN2O5.C33H35FN2O5.Na/c1-26(2)36-35(38(45)42-30-16-12-9-13-17-30)34(27-14-10-8-11-15-27)37(28-18-20-29(41)21-19-28)43(36)23-22-31-24-32(47-40(6,7)46-31)25-33(44)48-39(3,4)5;1-24(2)34-33(36(44)39-28-14-10-7-11-15-28)32(25-12-8-6-9-13-25)35(26-16-18-27(38)19-17-26)40(34)21-20-29(41)22-30(42)23-31(43)45-37(3,4)5;1-21(2)31-30(33(41)35-25-11-7-4-8-12-25)29(22-9-5-3-6-10-22)32(23-13-15-24(34)16-14-23)36(31)18-17-26(37)19-27(38)20-28(39)40;/h8-21,26,31-32H,22-25H2,1-7H3,(H,42,45);6-19,24,29-30,41-42H,20-23H2,1-5H3,(H,39,44);3-16,21,26-27,37-38H,17-20H2,1-2H3,(H,35,41)(H,39,40);/q;;;+1/p-1/t31-,32-;29-,30-;26-,27-;/m111./s1. The van der Waals surface area contributed by atoms with E-state index >= 15 is 0 Å². The molecule has 13 rings (SSSR count). The maximum absolute atomic E-state index is 14.4. The van der Waals surface area contributed by atoms with Crippen molar-refractivity contribution in [1.82, 2.24) is 13.7 Å². The molecule has 1 aliphatic rings. The number of esters is 2. The molecule has 0 saturated carbocycles. The topological polar surface area (TPSA) is 294 Å². The molecule has 6 atom stereocenters. The summed E-state index contributed by atoms with van der Waals surface area (Å²) in [6.45, 7) is 27.8. The second kappa shape index (κ2) is 48.1. The van der Waals surface area contributed by atoms with E-state index in [0.29, 0.717) is 82.1 Å². The van der Waals surface area contributed by atoms with Gasteiger partial charge in [0.15, 0.2) is 5.79 Å². The number of aliphatic hydroxyl groups excluding tert-OH is 4. The molecule has 12 aromatic rings. The van der Waals surface area contributed by atoms with Crippen LogP contribution in [0.25, 0.3) is 67.2 Å². The molecule has 0 radical (unpaired) electrons. The van der Waals surface area contributed by atoms with E-state index in [1.165, 1.54) is 36.4 Å². The van der Waals surface area contributed by atoms with Crippen molar-refractivity contribution < 1.29 is 116 Å². The maximum Gasteiger partial charge on any atom is 1.00 e. The SMILES string of the molecule is CC(C)c1c(C(=O)Nc2ccccc2)c(-c2ccccc2)c(-c2ccc(F)cc2)n1CC[C@@H](O)C[C@@H](O)CC(=O)OC(C)(C)C.CC(C)c1c(C(=O)Nc2ccccc2)c(-c2ccccc2)c(-c2ccc(F)cc2)n1CC[C@@H](O)C[C@@H](O)CC(=O)[O-].CC(C)c1c(C(=O)Nc2ccccc2)c(-c2ccccc2)c(-c2ccc(F)cc2)n1CC[C@@H]1C[C@H](CC(=O)OC(C)(C)C)OC(C)(C)O1.[Na+]. The van der Waals surface area contributed by atoms with Gasteiger partial charge >= 0.3 is 41.5 Å². The number of carboxylic acids is 1. The number of hydrogen-bond acceptors (Lipinski definition) is 15. The molecule has 1 fully saturated rings. The van der Waals surface area contributed by atoms with Gasteiger partial charge in [-0.1, -0.05) is 187 Å². The molecule has 0 aliphatic carbocycles. The van der Waals surface area contributed by atoms with Crippen LogP contribution in [0.4, 0.5) is 30.2 Å². The first kappa shape index (κ1) is 105. The number of rotatable bonds is 34. The summed E-state index contributed by atoms with van der Waals surface area (Å²) in [5.74, 6) is -5.29. The summed E-state index contributed by atoms with van der Waals surface area (Å²) in [6, 6.07) is 75.4. The van der Waals surface area contributed by atoms with Gasteiger partial charge in [0, 0.05) is 89.3 Å². The molecule has 135 heavy (non-hydrogen) atoms. The van der Waals surface area contributed by atoms with Gasteiger partial charge in [0.2, 0.25) is 0 Å². The number of anilines is 3. The fourth-order valence-corrected chi connectivity index (χ4v) is 17.3. The monoisotopic (exact) mass is 1850 g/mol. The molecule has 21 nitrogen and oxygen atoms in total. The number of aliphatic carboxylic acids is 1. The summed E-state index contributed by atoms with van der Waals surface area (Å²) in [5.41, 5.74) is 13.8. The average molecular weight is 1850 g/mol. The van der Waals surface area contributed by atoms with Crippen molar-refractivity contribution in [2.24, 2.45) is 0 Å². The van der Waals surface area contributed by atoms with Crippen molar-refractivity contribution in [1.29, 1.82) is 0 Å². The van der Waals surface area contributed by atoms with Gasteiger partial charge in [-0.2, -0.15) is 0 Å². The fraction of sp³-hybridized carbons (Fsp3) is 0.345. The summed E-state index contributed by atoms with van der Waals surface area (Å²) >= 11 is 0. The van der Waals surface area contributed by atoms with Gasteiger partial charge in [-0.05, 0) is 248 Å². The molecular weight excluding hydrogens is 1730 g/mol. The Balaban J connectivity index is 0.000000209. The average Bonchev–Trinajstić information content (AvgIpc) is 1.60. The quantitative estimate of drug-likeness (QED) is 0.0146. The van der Waals surface area contributed by atoms with Crippen LogP contribution in [0.2, 0.25) is 0 Å². The van der Waals surface area contributed by atoms with E-state index in [2.05, 4.69) is 34.4 Å². The third-order valence-electron chi connectivity index (χ3n) is 22.5. The van der Waals surface area contributed by atoms with E-state index in [9.17, 15) is 67.5 Å². The van der Waals surface area contributed by atoms with Gasteiger partial charge in [0.1, 0.15) is 28.7 Å². The number of nitrogens with one attached hydrogen (secondary N) is 3. The van der Waals surface area contributed by atoms with E-state index in [0.717, 1.165) is 61.9 Å². The Morgan fingerprint density at radius 1 is 0.400 bits per heavy atom. The number of halogens is 3. The number of carbonyl (C=O) groups excluding carboxylic acids is 6. The van der Waals surface area contributed by atoms with Crippen LogP contribution in [0, 0.1) is 17.5 Å². The van der Waals surface area contributed by atoms with Crippen LogP contribution >= 0.6 is 0 Å². The maximum atomic E-state index is 14.4. The zero-order chi connectivity index (χ0) is 96.9. The number of carbonyl (C=O) groups is 6. The molecule has 4 heterocycles. The van der Waals surface area contributed by atoms with E-state index < -0.39 is 65.6 Å². The van der Waals surface area contributed by atoms with Crippen LogP contribution in [-0.4, -0.2) is 123 Å². The predicted molar refractivity (Wildman–Crippen MR) is 517 cm³/mol. The van der Waals surface area contributed by atoms with E-state index in [1.54, 1.807) is 69.3 Å². The van der Waals surface area contributed by atoms with E-state index in [-0.39, 0.29) is 140 Å². The summed E-state index contributed by atoms with van der Waals surface area (Å²) in [4.78, 5) is 78.4. The Morgan fingerprint density at radius 2 is 0.681 bits per heavy atom. The molecule has 9 aromatic carbocycles. The Bertz CT molecular complexity index is 5900. The number of nitrogens with zero attached hydrogens (tertiary/aromatic N) is 3. The van der Waals surface area contributed by atoms with Gasteiger partial charge in [-0.25, -0.2) is 13.2 Å². The van der Waals surface area contributed by atoms with Gasteiger partial charge in [-0.3, -0.25) is 24.0 Å². The molecule has 3 amide bonds. The fourth-order valence-electron chi connectivity index (χ4n) is 17.3. The number of aliphatic hydroxyl groups is 4. The number of benzene rings is 9. The molecule has 25 heteroatoms. The van der Waals surface area contributed by atoms with Crippen molar-refractivity contribution in [2.45, 2.75) is 246 Å². The van der Waals surface area contributed by atoms with E-state index in [1.807, 2.05) is 241 Å². The molecule has 1 saturated heterocycles. The van der Waals surface area contributed by atoms with Gasteiger partial charge in [-0.15, -0.1) is 0 Å². The van der Waals surface area contributed by atoms with Gasteiger partial charge in [0.05, 0.1) is 83.2 Å². The summed E-state index contributed by atoms with van der Waals surface area (Å²) < 4.78 is 72.0. The van der Waals surface area contributed by atoms with Crippen LogP contribution in [-0.2, 0) is 53.0 Å². The third-order valence-corrected chi connectivity index (χ3v) is 22.5. The second-order valence-corrected chi connectivity index (χ2v) is 37.2. The van der Waals surface area contributed by atoms with Crippen molar-refractivity contribution in [2.75, 3.05) is 16.0 Å². The van der Waals surface area contributed by atoms with Crippen LogP contribution < -0.4 is 50.6 Å². The number of hydrogen-bond donors (Lipinski definition) is 7. The smallest absolute Gasteiger partial charge is 0.550 e. The van der Waals surface area contributed by atoms with Crippen LogP contribution in [0.3, 0.4) is 0 Å². The second-order valence-electron chi connectivity index (χ2n) is 37.2. The first-order chi connectivity index (χ1) is 63.7. The summed E-state index contributed by atoms with van der Waals surface area (Å²) in [6.07, 6.45) is -4.15. The van der Waals surface area contributed by atoms with Crippen LogP contribution in [0.15, 0.2) is 255 Å². The molecule has 0 bridgehead atoms. The minimum absolute atomic E-state index is 0. The molecule has 706 valence electrons. The number of aromatic nitrogens is 3. The Morgan fingerprint density at radius 3 is 0.978 bits per heavy atom. The zero-order valence-electron chi connectivity index (χ0n) is 79.7. The number of para-hydroxylation sites is 3. The minimum Gasteiger partial charge on any atom is -0.550 e. The van der Waals surface area contributed by atoms with Crippen molar-refractivity contribution in [3.63, 3.8) is 0 Å². The third kappa shape index (κ3) is 29.4. The first-order valence-corrected chi connectivity index (χ1v) is 45.7.